The van der Waals surface area contributed by atoms with Gasteiger partial charge in [-0.05, 0) is 35.8 Å². The number of rotatable bonds is 4. The van der Waals surface area contributed by atoms with E-state index >= 15 is 0 Å². The van der Waals surface area contributed by atoms with Gasteiger partial charge in [0.15, 0.2) is 0 Å². The molecule has 0 aliphatic heterocycles. The van der Waals surface area contributed by atoms with Crippen LogP contribution in [0.5, 0.6) is 0 Å². The predicted octanol–water partition coefficient (Wildman–Crippen LogP) is 6.46. The normalized spacial score (nSPS) is 11.5. The first-order chi connectivity index (χ1) is 14.7. The van der Waals surface area contributed by atoms with Crippen molar-refractivity contribution in [2.45, 2.75) is 6.92 Å². The fourth-order valence-corrected chi connectivity index (χ4v) is 3.72. The number of hydrogen-bond donors (Lipinski definition) is 1. The lowest BCUT2D eigenvalue weighted by molar-refractivity contribution is 1.43. The standard InChI is InChI=1S/C28H22N2/c1-20-15-17-22(18-16-20)27(21-9-3-2-4-10-21)28(25-13-7-8-14-26(25)30)24-12-6-5-11-23(24)19-29/h2-18H,30H2,1H3/b28-27-. The number of nitrogen functional groups attached to an aromatic ring is 1. The van der Waals surface area contributed by atoms with Gasteiger partial charge in [-0.3, -0.25) is 0 Å². The van der Waals surface area contributed by atoms with Crippen molar-refractivity contribution in [3.05, 3.63) is 137 Å². The van der Waals surface area contributed by atoms with E-state index in [0.717, 1.165) is 33.4 Å². The number of nitriles is 1. The van der Waals surface area contributed by atoms with Crippen LogP contribution in [0.4, 0.5) is 5.69 Å². The van der Waals surface area contributed by atoms with E-state index in [9.17, 15) is 5.26 Å². The third-order valence-electron chi connectivity index (χ3n) is 5.20. The fourth-order valence-electron chi connectivity index (χ4n) is 3.72. The first-order valence-electron chi connectivity index (χ1n) is 9.90. The molecule has 0 heterocycles. The van der Waals surface area contributed by atoms with Gasteiger partial charge in [0.1, 0.15) is 0 Å². The van der Waals surface area contributed by atoms with E-state index in [1.165, 1.54) is 5.56 Å². The molecule has 0 bridgehead atoms. The second-order valence-electron chi connectivity index (χ2n) is 7.23. The fraction of sp³-hybridized carbons (Fsp3) is 0.0357. The maximum absolute atomic E-state index is 9.84. The number of hydrogen-bond acceptors (Lipinski definition) is 2. The minimum atomic E-state index is 0.622. The predicted molar refractivity (Wildman–Crippen MR) is 125 cm³/mol. The van der Waals surface area contributed by atoms with Crippen molar-refractivity contribution in [2.75, 3.05) is 5.73 Å². The Morgan fingerprint density at radius 2 is 1.20 bits per heavy atom. The SMILES string of the molecule is Cc1ccc(/C(=C(\c2ccccc2N)c2ccccc2C#N)c2ccccc2)cc1. The van der Waals surface area contributed by atoms with Crippen molar-refractivity contribution in [1.29, 1.82) is 5.26 Å². The number of aryl methyl sites for hydroxylation is 1. The quantitative estimate of drug-likeness (QED) is 0.323. The highest BCUT2D eigenvalue weighted by Crippen LogP contribution is 2.39. The molecule has 2 heteroatoms. The highest BCUT2D eigenvalue weighted by atomic mass is 14.6. The number of nitrogens with zero attached hydrogens (tertiary/aromatic N) is 1. The van der Waals surface area contributed by atoms with Crippen LogP contribution < -0.4 is 5.73 Å². The van der Waals surface area contributed by atoms with Crippen LogP contribution in [0.2, 0.25) is 0 Å². The number of para-hydroxylation sites is 1. The Balaban J connectivity index is 2.18. The Hall–Kier alpha value is -4.09. The highest BCUT2D eigenvalue weighted by Gasteiger charge is 2.19. The Bertz CT molecular complexity index is 1240. The summed E-state index contributed by atoms with van der Waals surface area (Å²) in [4.78, 5) is 0. The molecule has 0 aliphatic rings. The zero-order valence-electron chi connectivity index (χ0n) is 16.8. The Kier molecular flexibility index (Phi) is 5.46. The summed E-state index contributed by atoms with van der Waals surface area (Å²) in [5.41, 5.74) is 14.9. The molecule has 0 aromatic heterocycles. The molecular formula is C28H22N2. The van der Waals surface area contributed by atoms with Crippen molar-refractivity contribution in [1.82, 2.24) is 0 Å². The molecule has 4 aromatic carbocycles. The summed E-state index contributed by atoms with van der Waals surface area (Å²) in [5, 5.41) is 9.84. The molecule has 4 aromatic rings. The van der Waals surface area contributed by atoms with Crippen LogP contribution in [0.3, 0.4) is 0 Å². The van der Waals surface area contributed by atoms with Gasteiger partial charge in [-0.2, -0.15) is 5.26 Å². The summed E-state index contributed by atoms with van der Waals surface area (Å²) in [6.45, 7) is 2.08. The molecule has 0 saturated heterocycles. The van der Waals surface area contributed by atoms with Crippen molar-refractivity contribution < 1.29 is 0 Å². The molecular weight excluding hydrogens is 364 g/mol. The Labute approximate surface area is 177 Å². The smallest absolute Gasteiger partial charge is 0.0998 e. The maximum Gasteiger partial charge on any atom is 0.0998 e. The van der Waals surface area contributed by atoms with Crippen LogP contribution in [0.15, 0.2) is 103 Å². The van der Waals surface area contributed by atoms with Gasteiger partial charge in [0.2, 0.25) is 0 Å². The third kappa shape index (κ3) is 3.74. The first kappa shape index (κ1) is 19.2. The topological polar surface area (TPSA) is 49.8 Å². The van der Waals surface area contributed by atoms with Crippen LogP contribution in [-0.4, -0.2) is 0 Å². The maximum atomic E-state index is 9.84. The lowest BCUT2D eigenvalue weighted by Crippen LogP contribution is -2.02. The summed E-state index contributed by atoms with van der Waals surface area (Å²) in [7, 11) is 0. The monoisotopic (exact) mass is 386 g/mol. The molecule has 30 heavy (non-hydrogen) atoms. The largest absolute Gasteiger partial charge is 0.398 e. The summed E-state index contributed by atoms with van der Waals surface area (Å²) in [6.07, 6.45) is 0. The van der Waals surface area contributed by atoms with Crippen LogP contribution in [0, 0.1) is 18.3 Å². The van der Waals surface area contributed by atoms with Crippen molar-refractivity contribution in [2.24, 2.45) is 0 Å². The zero-order valence-corrected chi connectivity index (χ0v) is 16.8. The summed E-state index contributed by atoms with van der Waals surface area (Å²) in [6, 6.07) is 36.7. The molecule has 144 valence electrons. The summed E-state index contributed by atoms with van der Waals surface area (Å²) >= 11 is 0. The van der Waals surface area contributed by atoms with Gasteiger partial charge < -0.3 is 5.73 Å². The van der Waals surface area contributed by atoms with Crippen LogP contribution in [-0.2, 0) is 0 Å². The van der Waals surface area contributed by atoms with E-state index in [2.05, 4.69) is 49.4 Å². The van der Waals surface area contributed by atoms with Gasteiger partial charge in [-0.1, -0.05) is 96.6 Å². The van der Waals surface area contributed by atoms with Gasteiger partial charge in [-0.25, -0.2) is 0 Å². The van der Waals surface area contributed by atoms with Gasteiger partial charge in [-0.15, -0.1) is 0 Å². The molecule has 2 N–H and O–H groups in total. The van der Waals surface area contributed by atoms with Crippen molar-refractivity contribution in [3.8, 4) is 6.07 Å². The van der Waals surface area contributed by atoms with Crippen LogP contribution >= 0.6 is 0 Å². The van der Waals surface area contributed by atoms with E-state index in [0.29, 0.717) is 11.3 Å². The molecule has 0 aliphatic carbocycles. The lowest BCUT2D eigenvalue weighted by atomic mass is 9.83. The molecule has 0 fully saturated rings. The molecule has 0 radical (unpaired) electrons. The second-order valence-corrected chi connectivity index (χ2v) is 7.23. The molecule has 0 unspecified atom stereocenters. The van der Waals surface area contributed by atoms with Crippen molar-refractivity contribution in [3.63, 3.8) is 0 Å². The summed E-state index contributed by atoms with van der Waals surface area (Å²) in [5.74, 6) is 0. The molecule has 0 atom stereocenters. The van der Waals surface area contributed by atoms with Gasteiger partial charge in [0, 0.05) is 22.4 Å². The van der Waals surface area contributed by atoms with Crippen LogP contribution in [0.1, 0.15) is 33.4 Å². The molecule has 0 amide bonds. The zero-order chi connectivity index (χ0) is 20.9. The van der Waals surface area contributed by atoms with Crippen molar-refractivity contribution >= 4 is 16.8 Å². The van der Waals surface area contributed by atoms with Crippen LogP contribution in [0.25, 0.3) is 11.1 Å². The third-order valence-corrected chi connectivity index (χ3v) is 5.20. The van der Waals surface area contributed by atoms with E-state index in [1.54, 1.807) is 0 Å². The van der Waals surface area contributed by atoms with Gasteiger partial charge in [0.25, 0.3) is 0 Å². The van der Waals surface area contributed by atoms with E-state index in [-0.39, 0.29) is 0 Å². The van der Waals surface area contributed by atoms with E-state index in [1.807, 2.05) is 66.7 Å². The summed E-state index contributed by atoms with van der Waals surface area (Å²) < 4.78 is 0. The number of anilines is 1. The molecule has 2 nitrogen and oxygen atoms in total. The van der Waals surface area contributed by atoms with E-state index < -0.39 is 0 Å². The Morgan fingerprint density at radius 1 is 0.633 bits per heavy atom. The number of nitrogens with two attached hydrogens (primary N) is 1. The van der Waals surface area contributed by atoms with E-state index in [4.69, 9.17) is 5.73 Å². The minimum absolute atomic E-state index is 0.622. The lowest BCUT2D eigenvalue weighted by Gasteiger charge is -2.20. The first-order valence-corrected chi connectivity index (χ1v) is 9.90. The van der Waals surface area contributed by atoms with Gasteiger partial charge in [0.05, 0.1) is 11.6 Å². The molecule has 0 saturated carbocycles. The second kappa shape index (κ2) is 8.51. The average Bonchev–Trinajstić information content (AvgIpc) is 2.79. The average molecular weight is 386 g/mol. The molecule has 0 spiro atoms. The Morgan fingerprint density at radius 3 is 1.87 bits per heavy atom. The minimum Gasteiger partial charge on any atom is -0.398 e. The van der Waals surface area contributed by atoms with Gasteiger partial charge >= 0.3 is 0 Å². The number of benzene rings is 4. The highest BCUT2D eigenvalue weighted by molar-refractivity contribution is 6.07. The molecule has 4 rings (SSSR count).